The van der Waals surface area contributed by atoms with Crippen molar-refractivity contribution < 1.29 is 14.3 Å². The van der Waals surface area contributed by atoms with Gasteiger partial charge < -0.3 is 15.8 Å². The van der Waals surface area contributed by atoms with Crippen molar-refractivity contribution in [3.8, 4) is 5.75 Å². The number of ether oxygens (including phenoxy) is 1. The molecule has 0 aliphatic heterocycles. The highest BCUT2D eigenvalue weighted by Crippen LogP contribution is 2.25. The summed E-state index contributed by atoms with van der Waals surface area (Å²) >= 11 is 0. The molecule has 8 heteroatoms. The van der Waals surface area contributed by atoms with E-state index < -0.39 is 5.91 Å². The van der Waals surface area contributed by atoms with Crippen molar-refractivity contribution in [3.63, 3.8) is 0 Å². The summed E-state index contributed by atoms with van der Waals surface area (Å²) in [5, 5.41) is 7.44. The second-order valence-electron chi connectivity index (χ2n) is 8.33. The zero-order chi connectivity index (χ0) is 24.9. The molecule has 0 aliphatic rings. The van der Waals surface area contributed by atoms with Crippen LogP contribution in [0.15, 0.2) is 60.8 Å². The van der Waals surface area contributed by atoms with Crippen LogP contribution in [0, 0.1) is 13.8 Å². The number of amides is 2. The highest BCUT2D eigenvalue weighted by molar-refractivity contribution is 5.98. The van der Waals surface area contributed by atoms with E-state index in [1.807, 2.05) is 75.4 Å². The van der Waals surface area contributed by atoms with E-state index in [0.29, 0.717) is 18.7 Å². The Labute approximate surface area is 204 Å². The van der Waals surface area contributed by atoms with Crippen LogP contribution < -0.4 is 15.8 Å². The maximum atomic E-state index is 13.1. The first-order valence-electron chi connectivity index (χ1n) is 11.6. The number of rotatable bonds is 9. The number of nitrogens with one attached hydrogen (secondary N) is 1. The van der Waals surface area contributed by atoms with Gasteiger partial charge in [-0.2, -0.15) is 5.10 Å². The summed E-state index contributed by atoms with van der Waals surface area (Å²) in [5.41, 5.74) is 10.6. The Morgan fingerprint density at radius 1 is 1.06 bits per heavy atom. The number of aryl methyl sites for hydroxylation is 2. The van der Waals surface area contributed by atoms with Crippen molar-refractivity contribution in [2.45, 2.75) is 39.7 Å². The van der Waals surface area contributed by atoms with Crippen LogP contribution in [0.3, 0.4) is 0 Å². The first-order valence-corrected chi connectivity index (χ1v) is 11.6. The third-order valence-electron chi connectivity index (χ3n) is 6.04. The average molecular weight is 472 g/mol. The fourth-order valence-corrected chi connectivity index (χ4v) is 4.25. The molecular weight excluding hydrogens is 442 g/mol. The lowest BCUT2D eigenvalue weighted by atomic mass is 9.98. The summed E-state index contributed by atoms with van der Waals surface area (Å²) in [5.74, 6) is 0.144. The van der Waals surface area contributed by atoms with Gasteiger partial charge in [0, 0.05) is 17.8 Å². The molecule has 0 aliphatic carbocycles. The van der Waals surface area contributed by atoms with Gasteiger partial charge in [-0.25, -0.2) is 9.50 Å². The van der Waals surface area contributed by atoms with Gasteiger partial charge in [-0.1, -0.05) is 42.5 Å². The van der Waals surface area contributed by atoms with Crippen molar-refractivity contribution in [1.29, 1.82) is 0 Å². The molecule has 4 aromatic rings. The molecule has 1 unspecified atom stereocenters. The van der Waals surface area contributed by atoms with E-state index in [-0.39, 0.29) is 23.9 Å². The SMILES string of the molecule is CCOc1ccc(C(NC(=O)CCc2c(C)nc3c(C(N)=O)cnn3c2C)c2ccccc2)cc1. The quantitative estimate of drug-likeness (QED) is 0.387. The van der Waals surface area contributed by atoms with Gasteiger partial charge in [0.1, 0.15) is 11.3 Å². The van der Waals surface area contributed by atoms with Gasteiger partial charge in [0.05, 0.1) is 18.8 Å². The Morgan fingerprint density at radius 3 is 2.40 bits per heavy atom. The summed E-state index contributed by atoms with van der Waals surface area (Å²) in [7, 11) is 0. The van der Waals surface area contributed by atoms with Gasteiger partial charge in [0.25, 0.3) is 5.91 Å². The molecule has 35 heavy (non-hydrogen) atoms. The molecule has 0 saturated heterocycles. The summed E-state index contributed by atoms with van der Waals surface area (Å²) in [6.07, 6.45) is 2.19. The molecule has 2 amide bonds. The highest BCUT2D eigenvalue weighted by Gasteiger charge is 2.20. The Hall–Kier alpha value is -4.20. The number of primary amides is 1. The minimum absolute atomic E-state index is 0.0788. The first-order chi connectivity index (χ1) is 16.9. The maximum absolute atomic E-state index is 13.1. The van der Waals surface area contributed by atoms with Crippen LogP contribution in [0.1, 0.15) is 57.8 Å². The van der Waals surface area contributed by atoms with E-state index in [2.05, 4.69) is 15.4 Å². The molecule has 1 atom stereocenters. The third-order valence-corrected chi connectivity index (χ3v) is 6.04. The molecule has 0 spiro atoms. The van der Waals surface area contributed by atoms with Gasteiger partial charge in [0.15, 0.2) is 5.65 Å². The Morgan fingerprint density at radius 2 is 1.74 bits per heavy atom. The molecule has 2 aromatic carbocycles. The minimum atomic E-state index is -0.570. The largest absolute Gasteiger partial charge is 0.494 e. The summed E-state index contributed by atoms with van der Waals surface area (Å²) in [4.78, 5) is 29.3. The smallest absolute Gasteiger partial charge is 0.254 e. The summed E-state index contributed by atoms with van der Waals surface area (Å²) in [6.45, 7) is 6.31. The van der Waals surface area contributed by atoms with E-state index >= 15 is 0 Å². The second-order valence-corrected chi connectivity index (χ2v) is 8.33. The number of hydrogen-bond acceptors (Lipinski definition) is 5. The molecule has 8 nitrogen and oxygen atoms in total. The van der Waals surface area contributed by atoms with Crippen LogP contribution >= 0.6 is 0 Å². The van der Waals surface area contributed by atoms with Crippen molar-refractivity contribution in [3.05, 3.63) is 94.4 Å². The molecule has 4 rings (SSSR count). The Balaban J connectivity index is 1.53. The summed E-state index contributed by atoms with van der Waals surface area (Å²) < 4.78 is 7.16. The molecule has 2 aromatic heterocycles. The molecule has 2 heterocycles. The predicted molar refractivity (Wildman–Crippen MR) is 133 cm³/mol. The lowest BCUT2D eigenvalue weighted by molar-refractivity contribution is -0.121. The topological polar surface area (TPSA) is 112 Å². The number of aromatic nitrogens is 3. The van der Waals surface area contributed by atoms with E-state index in [1.54, 1.807) is 4.52 Å². The predicted octanol–water partition coefficient (Wildman–Crippen LogP) is 3.68. The normalized spacial score (nSPS) is 11.9. The van der Waals surface area contributed by atoms with Crippen LogP contribution in [0.5, 0.6) is 5.75 Å². The van der Waals surface area contributed by atoms with Crippen molar-refractivity contribution in [1.82, 2.24) is 19.9 Å². The van der Waals surface area contributed by atoms with Crippen LogP contribution in [0.25, 0.3) is 5.65 Å². The van der Waals surface area contributed by atoms with E-state index in [9.17, 15) is 9.59 Å². The van der Waals surface area contributed by atoms with E-state index in [0.717, 1.165) is 33.8 Å². The number of nitrogens with zero attached hydrogens (tertiary/aromatic N) is 3. The van der Waals surface area contributed by atoms with Crippen LogP contribution in [-0.2, 0) is 11.2 Å². The molecule has 3 N–H and O–H groups in total. The Kier molecular flexibility index (Phi) is 7.10. The lowest BCUT2D eigenvalue weighted by Crippen LogP contribution is -2.29. The van der Waals surface area contributed by atoms with E-state index in [4.69, 9.17) is 10.5 Å². The minimum Gasteiger partial charge on any atom is -0.494 e. The molecule has 0 bridgehead atoms. The van der Waals surface area contributed by atoms with Crippen molar-refractivity contribution >= 4 is 17.5 Å². The zero-order valence-electron chi connectivity index (χ0n) is 20.1. The maximum Gasteiger partial charge on any atom is 0.254 e. The third kappa shape index (κ3) is 5.16. The van der Waals surface area contributed by atoms with Crippen molar-refractivity contribution in [2.75, 3.05) is 6.61 Å². The number of benzene rings is 2. The monoisotopic (exact) mass is 471 g/mol. The number of nitrogens with two attached hydrogens (primary N) is 1. The molecule has 0 saturated carbocycles. The van der Waals surface area contributed by atoms with Gasteiger partial charge >= 0.3 is 0 Å². The average Bonchev–Trinajstić information content (AvgIpc) is 3.28. The zero-order valence-corrected chi connectivity index (χ0v) is 20.1. The first kappa shape index (κ1) is 23.9. The van der Waals surface area contributed by atoms with Gasteiger partial charge in [0.2, 0.25) is 5.91 Å². The lowest BCUT2D eigenvalue weighted by Gasteiger charge is -2.20. The molecular formula is C27H29N5O3. The second kappa shape index (κ2) is 10.4. The van der Waals surface area contributed by atoms with Crippen LogP contribution in [0.4, 0.5) is 0 Å². The van der Waals surface area contributed by atoms with Crippen molar-refractivity contribution in [2.24, 2.45) is 5.73 Å². The van der Waals surface area contributed by atoms with Gasteiger partial charge in [-0.05, 0) is 56.0 Å². The number of fused-ring (bicyclic) bond motifs is 1. The Bertz CT molecular complexity index is 1350. The standard InChI is InChI=1S/C27H29N5O3/c1-4-35-21-12-10-20(11-13-21)25(19-8-6-5-7-9-19)31-24(33)15-14-22-17(2)30-27-23(26(28)34)16-29-32(27)18(22)3/h5-13,16,25H,4,14-15H2,1-3H3,(H2,28,34)(H,31,33). The molecule has 0 radical (unpaired) electrons. The fourth-order valence-electron chi connectivity index (χ4n) is 4.25. The highest BCUT2D eigenvalue weighted by atomic mass is 16.5. The molecule has 0 fully saturated rings. The number of carbonyl (C=O) groups excluding carboxylic acids is 2. The van der Waals surface area contributed by atoms with Gasteiger partial charge in [-0.15, -0.1) is 0 Å². The van der Waals surface area contributed by atoms with Crippen LogP contribution in [0.2, 0.25) is 0 Å². The fraction of sp³-hybridized carbons (Fsp3) is 0.259. The summed E-state index contributed by atoms with van der Waals surface area (Å²) in [6, 6.07) is 17.4. The number of carbonyl (C=O) groups is 2. The number of hydrogen-bond donors (Lipinski definition) is 2. The van der Waals surface area contributed by atoms with Gasteiger partial charge in [-0.3, -0.25) is 9.59 Å². The molecule has 180 valence electrons. The van der Waals surface area contributed by atoms with Crippen LogP contribution in [-0.4, -0.2) is 33.0 Å². The van der Waals surface area contributed by atoms with E-state index in [1.165, 1.54) is 6.20 Å².